The number of piperidine rings is 1. The molecule has 8 heteroatoms. The fourth-order valence-electron chi connectivity index (χ4n) is 5.40. The third-order valence-corrected chi connectivity index (χ3v) is 9.36. The molecule has 1 unspecified atom stereocenters. The highest BCUT2D eigenvalue weighted by Crippen LogP contribution is 2.38. The van der Waals surface area contributed by atoms with Gasteiger partial charge < -0.3 is 10.2 Å². The van der Waals surface area contributed by atoms with E-state index in [9.17, 15) is 18.0 Å². The maximum Gasteiger partial charge on any atom is 0.259 e. The molecule has 38 heavy (non-hydrogen) atoms. The lowest BCUT2D eigenvalue weighted by atomic mass is 10.0. The zero-order valence-electron chi connectivity index (χ0n) is 21.8. The Bertz CT molecular complexity index is 1480. The van der Waals surface area contributed by atoms with Crippen LogP contribution in [0.15, 0.2) is 76.5 Å². The number of nitrogens with one attached hydrogen (secondary N) is 1. The highest BCUT2D eigenvalue weighted by molar-refractivity contribution is 7.91. The lowest BCUT2D eigenvalue weighted by Crippen LogP contribution is -2.42. The van der Waals surface area contributed by atoms with E-state index in [4.69, 9.17) is 0 Å². The Labute approximate surface area is 224 Å². The van der Waals surface area contributed by atoms with Crippen LogP contribution >= 0.6 is 0 Å². The summed E-state index contributed by atoms with van der Waals surface area (Å²) in [6.07, 6.45) is 3.58. The van der Waals surface area contributed by atoms with Crippen molar-refractivity contribution in [2.24, 2.45) is 0 Å². The molecular weight excluding hydrogens is 498 g/mol. The van der Waals surface area contributed by atoms with E-state index in [2.05, 4.69) is 17.1 Å². The molecule has 2 aliphatic rings. The van der Waals surface area contributed by atoms with Crippen molar-refractivity contribution in [3.05, 3.63) is 89.0 Å². The number of carbonyl (C=O) groups is 2. The molecule has 2 heterocycles. The quantitative estimate of drug-likeness (QED) is 0.503. The number of likely N-dealkylation sites (tertiary alicyclic amines) is 1. The summed E-state index contributed by atoms with van der Waals surface area (Å²) in [5.74, 6) is -0.708. The Morgan fingerprint density at radius 2 is 1.82 bits per heavy atom. The van der Waals surface area contributed by atoms with Crippen LogP contribution in [-0.2, 0) is 16.4 Å². The Hall–Kier alpha value is -3.49. The van der Waals surface area contributed by atoms with Crippen LogP contribution in [0.1, 0.15) is 58.0 Å². The summed E-state index contributed by atoms with van der Waals surface area (Å²) < 4.78 is 27.4. The SMILES string of the molecule is Cc1cccc(CN2C(=O)c3ccccc3S(=O)(=O)c3ccc(C(=O)NCCN4CCCCC4C)cc32)c1. The average molecular weight is 532 g/mol. The van der Waals surface area contributed by atoms with Crippen molar-refractivity contribution in [1.29, 1.82) is 0 Å². The van der Waals surface area contributed by atoms with Crippen molar-refractivity contribution in [2.75, 3.05) is 24.5 Å². The second kappa shape index (κ2) is 10.7. The Kier molecular flexibility index (Phi) is 7.36. The van der Waals surface area contributed by atoms with Gasteiger partial charge in [0.2, 0.25) is 9.84 Å². The smallest absolute Gasteiger partial charge is 0.259 e. The first-order valence-electron chi connectivity index (χ1n) is 13.1. The van der Waals surface area contributed by atoms with E-state index < -0.39 is 15.7 Å². The minimum absolute atomic E-state index is 0.0159. The molecule has 0 aliphatic carbocycles. The minimum atomic E-state index is -3.99. The number of rotatable bonds is 6. The van der Waals surface area contributed by atoms with Gasteiger partial charge in [0.25, 0.3) is 11.8 Å². The molecule has 2 amide bonds. The van der Waals surface area contributed by atoms with Crippen molar-refractivity contribution in [1.82, 2.24) is 10.2 Å². The highest BCUT2D eigenvalue weighted by Gasteiger charge is 2.36. The molecule has 5 rings (SSSR count). The number of fused-ring (bicyclic) bond motifs is 2. The monoisotopic (exact) mass is 531 g/mol. The largest absolute Gasteiger partial charge is 0.351 e. The first-order chi connectivity index (χ1) is 18.3. The molecular formula is C30H33N3O4S. The number of amides is 2. The van der Waals surface area contributed by atoms with E-state index in [1.54, 1.807) is 18.2 Å². The first-order valence-corrected chi connectivity index (χ1v) is 14.6. The number of aryl methyl sites for hydroxylation is 1. The topological polar surface area (TPSA) is 86.8 Å². The lowest BCUT2D eigenvalue weighted by Gasteiger charge is -2.33. The number of hydrogen-bond donors (Lipinski definition) is 1. The normalized spacial score (nSPS) is 18.8. The van der Waals surface area contributed by atoms with Crippen LogP contribution in [0.3, 0.4) is 0 Å². The van der Waals surface area contributed by atoms with Crippen LogP contribution < -0.4 is 10.2 Å². The van der Waals surface area contributed by atoms with Gasteiger partial charge in [-0.1, -0.05) is 48.4 Å². The third-order valence-electron chi connectivity index (χ3n) is 7.50. The van der Waals surface area contributed by atoms with Crippen LogP contribution in [0.5, 0.6) is 0 Å². The number of hydrogen-bond acceptors (Lipinski definition) is 5. The molecule has 1 fully saturated rings. The van der Waals surface area contributed by atoms with Gasteiger partial charge in [-0.05, 0) is 69.1 Å². The van der Waals surface area contributed by atoms with Crippen LogP contribution in [0.2, 0.25) is 0 Å². The number of sulfone groups is 1. The van der Waals surface area contributed by atoms with Crippen LogP contribution in [0.25, 0.3) is 0 Å². The average Bonchev–Trinajstić information content (AvgIpc) is 2.98. The summed E-state index contributed by atoms with van der Waals surface area (Å²) >= 11 is 0. The summed E-state index contributed by atoms with van der Waals surface area (Å²) in [7, 11) is -3.99. The molecule has 198 valence electrons. The Balaban J connectivity index is 1.49. The molecule has 3 aromatic rings. The highest BCUT2D eigenvalue weighted by atomic mass is 32.2. The van der Waals surface area contributed by atoms with E-state index in [-0.39, 0.29) is 33.5 Å². The third kappa shape index (κ3) is 5.11. The zero-order chi connectivity index (χ0) is 26.9. The summed E-state index contributed by atoms with van der Waals surface area (Å²) in [4.78, 5) is 30.8. The number of benzene rings is 3. The van der Waals surface area contributed by atoms with Gasteiger partial charge in [-0.25, -0.2) is 8.42 Å². The summed E-state index contributed by atoms with van der Waals surface area (Å²) in [5.41, 5.74) is 2.56. The predicted molar refractivity (Wildman–Crippen MR) is 147 cm³/mol. The zero-order valence-corrected chi connectivity index (χ0v) is 22.6. The van der Waals surface area contributed by atoms with Crippen molar-refractivity contribution in [3.63, 3.8) is 0 Å². The van der Waals surface area contributed by atoms with Crippen molar-refractivity contribution >= 4 is 27.3 Å². The Morgan fingerprint density at radius 1 is 1.00 bits per heavy atom. The maximum atomic E-state index is 13.8. The van der Waals surface area contributed by atoms with Gasteiger partial charge in [-0.3, -0.25) is 14.5 Å². The molecule has 0 spiro atoms. The van der Waals surface area contributed by atoms with Gasteiger partial charge in [0, 0.05) is 24.7 Å². The van der Waals surface area contributed by atoms with Crippen molar-refractivity contribution in [2.45, 2.75) is 55.5 Å². The molecule has 1 atom stereocenters. The fourth-order valence-corrected chi connectivity index (χ4v) is 7.03. The molecule has 1 saturated heterocycles. The van der Waals surface area contributed by atoms with Gasteiger partial charge in [0.05, 0.1) is 27.6 Å². The fraction of sp³-hybridized carbons (Fsp3) is 0.333. The molecule has 0 aromatic heterocycles. The number of carbonyl (C=O) groups excluding carboxylic acids is 2. The van der Waals surface area contributed by atoms with Crippen LogP contribution in [-0.4, -0.2) is 50.8 Å². The lowest BCUT2D eigenvalue weighted by molar-refractivity contribution is 0.0936. The summed E-state index contributed by atoms with van der Waals surface area (Å²) in [5, 5.41) is 2.98. The molecule has 0 radical (unpaired) electrons. The van der Waals surface area contributed by atoms with E-state index in [1.165, 1.54) is 48.4 Å². The minimum Gasteiger partial charge on any atom is -0.351 e. The molecule has 0 saturated carbocycles. The molecule has 3 aromatic carbocycles. The molecule has 2 aliphatic heterocycles. The van der Waals surface area contributed by atoms with E-state index >= 15 is 0 Å². The van der Waals surface area contributed by atoms with Crippen molar-refractivity contribution in [3.8, 4) is 0 Å². The summed E-state index contributed by atoms with van der Waals surface area (Å²) in [6, 6.07) is 19.0. The predicted octanol–water partition coefficient (Wildman–Crippen LogP) is 4.59. The molecule has 7 nitrogen and oxygen atoms in total. The van der Waals surface area contributed by atoms with Gasteiger partial charge in [-0.2, -0.15) is 0 Å². The second-order valence-electron chi connectivity index (χ2n) is 10.2. The summed E-state index contributed by atoms with van der Waals surface area (Å²) in [6.45, 7) is 6.65. The van der Waals surface area contributed by atoms with Crippen LogP contribution in [0.4, 0.5) is 5.69 Å². The van der Waals surface area contributed by atoms with E-state index in [1.807, 2.05) is 31.2 Å². The van der Waals surface area contributed by atoms with Gasteiger partial charge >= 0.3 is 0 Å². The second-order valence-corrected chi connectivity index (χ2v) is 12.1. The molecule has 0 bridgehead atoms. The molecule has 1 N–H and O–H groups in total. The number of nitrogens with zero attached hydrogens (tertiary/aromatic N) is 2. The van der Waals surface area contributed by atoms with Gasteiger partial charge in [0.15, 0.2) is 0 Å². The van der Waals surface area contributed by atoms with E-state index in [0.29, 0.717) is 18.2 Å². The van der Waals surface area contributed by atoms with Gasteiger partial charge in [-0.15, -0.1) is 0 Å². The maximum absolute atomic E-state index is 13.8. The first kappa shape index (κ1) is 26.1. The van der Waals surface area contributed by atoms with Gasteiger partial charge in [0.1, 0.15) is 0 Å². The van der Waals surface area contributed by atoms with Crippen molar-refractivity contribution < 1.29 is 18.0 Å². The van der Waals surface area contributed by atoms with Crippen LogP contribution in [0, 0.1) is 6.92 Å². The number of anilines is 1. The standard InChI is InChI=1S/C30H33N3O4S/c1-21-8-7-10-23(18-21)20-33-26-19-24(29(34)31-15-17-32-16-6-5-9-22(32)2)13-14-28(26)38(36,37)27-12-4-3-11-25(27)30(33)35/h3-4,7-8,10-14,18-19,22H,5-6,9,15-17,20H2,1-2H3,(H,31,34). The Morgan fingerprint density at radius 3 is 2.61 bits per heavy atom. The van der Waals surface area contributed by atoms with E-state index in [0.717, 1.165) is 24.2 Å².